The molecule has 0 bridgehead atoms. The summed E-state index contributed by atoms with van der Waals surface area (Å²) in [4.78, 5) is 25.6. The first-order valence-corrected chi connectivity index (χ1v) is 8.15. The van der Waals surface area contributed by atoms with Gasteiger partial charge >= 0.3 is 0 Å². The third-order valence-corrected chi connectivity index (χ3v) is 4.28. The summed E-state index contributed by atoms with van der Waals surface area (Å²) >= 11 is 13.3. The van der Waals surface area contributed by atoms with Crippen molar-refractivity contribution in [3.63, 3.8) is 0 Å². The van der Waals surface area contributed by atoms with E-state index < -0.39 is 5.91 Å². The van der Waals surface area contributed by atoms with Gasteiger partial charge in [0, 0.05) is 18.6 Å². The van der Waals surface area contributed by atoms with Gasteiger partial charge in [-0.2, -0.15) is 11.3 Å². The summed E-state index contributed by atoms with van der Waals surface area (Å²) in [5.74, 6) is -0.580. The van der Waals surface area contributed by atoms with Crippen LogP contribution < -0.4 is 5.32 Å². The Bertz CT molecular complexity index is 674. The van der Waals surface area contributed by atoms with Gasteiger partial charge in [0.15, 0.2) is 0 Å². The molecule has 2 rings (SSSR count). The molecule has 1 N–H and O–H groups in total. The number of nitrogens with zero attached hydrogens (tertiary/aromatic N) is 1. The number of hydrogen-bond donors (Lipinski definition) is 1. The third-order valence-electron chi connectivity index (χ3n) is 3.00. The van der Waals surface area contributed by atoms with E-state index in [9.17, 15) is 9.59 Å². The van der Waals surface area contributed by atoms with Crippen LogP contribution >= 0.6 is 34.5 Å². The zero-order chi connectivity index (χ0) is 16.1. The van der Waals surface area contributed by atoms with Gasteiger partial charge in [-0.15, -0.1) is 0 Å². The number of carbonyl (C=O) groups excluding carboxylic acids is 2. The lowest BCUT2D eigenvalue weighted by Crippen LogP contribution is -2.37. The fraction of sp³-hybridized carbons (Fsp3) is 0.200. The van der Waals surface area contributed by atoms with Crippen molar-refractivity contribution in [1.29, 1.82) is 0 Å². The van der Waals surface area contributed by atoms with Crippen LogP contribution in [-0.4, -0.2) is 30.3 Å². The van der Waals surface area contributed by atoms with Crippen molar-refractivity contribution >= 4 is 46.4 Å². The van der Waals surface area contributed by atoms with Crippen molar-refractivity contribution in [2.75, 3.05) is 13.6 Å². The molecule has 0 aliphatic rings. The fourth-order valence-corrected chi connectivity index (χ4v) is 2.96. The van der Waals surface area contributed by atoms with Crippen molar-refractivity contribution in [2.24, 2.45) is 0 Å². The molecule has 4 nitrogen and oxygen atoms in total. The predicted octanol–water partition coefficient (Wildman–Crippen LogP) is 3.44. The molecule has 0 saturated carbocycles. The van der Waals surface area contributed by atoms with Gasteiger partial charge < -0.3 is 10.2 Å². The van der Waals surface area contributed by atoms with Gasteiger partial charge in [-0.3, -0.25) is 9.59 Å². The van der Waals surface area contributed by atoms with Crippen molar-refractivity contribution < 1.29 is 9.59 Å². The number of halogens is 2. The van der Waals surface area contributed by atoms with Crippen LogP contribution in [0.15, 0.2) is 35.0 Å². The number of amides is 2. The summed E-state index contributed by atoms with van der Waals surface area (Å²) < 4.78 is 0. The number of rotatable bonds is 5. The maximum atomic E-state index is 12.0. The van der Waals surface area contributed by atoms with Gasteiger partial charge in [-0.1, -0.05) is 23.2 Å². The van der Waals surface area contributed by atoms with Crippen molar-refractivity contribution in [2.45, 2.75) is 6.54 Å². The van der Waals surface area contributed by atoms with Crippen LogP contribution in [0.4, 0.5) is 0 Å². The maximum Gasteiger partial charge on any atom is 0.253 e. The van der Waals surface area contributed by atoms with Crippen LogP contribution in [0.25, 0.3) is 0 Å². The number of benzene rings is 1. The van der Waals surface area contributed by atoms with Gasteiger partial charge in [0.1, 0.15) is 0 Å². The average molecular weight is 357 g/mol. The van der Waals surface area contributed by atoms with E-state index in [1.807, 2.05) is 16.8 Å². The molecule has 1 aromatic carbocycles. The fourth-order valence-electron chi connectivity index (χ4n) is 1.80. The molecule has 0 spiro atoms. The Hall–Kier alpha value is -1.56. The topological polar surface area (TPSA) is 49.4 Å². The van der Waals surface area contributed by atoms with E-state index in [1.54, 1.807) is 29.4 Å². The van der Waals surface area contributed by atoms with Gasteiger partial charge in [0.2, 0.25) is 5.91 Å². The second-order valence-electron chi connectivity index (χ2n) is 4.69. The molecule has 2 amide bonds. The van der Waals surface area contributed by atoms with E-state index >= 15 is 0 Å². The van der Waals surface area contributed by atoms with E-state index in [4.69, 9.17) is 23.2 Å². The van der Waals surface area contributed by atoms with Gasteiger partial charge in [0.05, 0.1) is 17.1 Å². The van der Waals surface area contributed by atoms with Crippen LogP contribution in [-0.2, 0) is 11.3 Å². The van der Waals surface area contributed by atoms with Gasteiger partial charge in [0.25, 0.3) is 5.91 Å². The Kier molecular flexibility index (Phi) is 5.83. The van der Waals surface area contributed by atoms with Gasteiger partial charge in [-0.05, 0) is 40.6 Å². The second-order valence-corrected chi connectivity index (χ2v) is 6.31. The highest BCUT2D eigenvalue weighted by molar-refractivity contribution is 7.07. The molecule has 0 unspecified atom stereocenters. The summed E-state index contributed by atoms with van der Waals surface area (Å²) in [6, 6.07) is 6.55. The van der Waals surface area contributed by atoms with Crippen LogP contribution in [0.5, 0.6) is 0 Å². The molecule has 0 aliphatic carbocycles. The number of thiophene rings is 1. The Labute approximate surface area is 142 Å². The summed E-state index contributed by atoms with van der Waals surface area (Å²) in [5, 5.41) is 7.21. The Morgan fingerprint density at radius 1 is 1.27 bits per heavy atom. The standard InChI is InChI=1S/C15H14Cl2N2O2S/c1-19(8-10-4-5-22-9-10)14(20)7-18-15(21)12-3-2-11(16)6-13(12)17/h2-6,9H,7-8H2,1H3,(H,18,21). The SMILES string of the molecule is CN(Cc1ccsc1)C(=O)CNC(=O)c1ccc(Cl)cc1Cl. The average Bonchev–Trinajstić information content (AvgIpc) is 2.97. The lowest BCUT2D eigenvalue weighted by Gasteiger charge is -2.17. The third kappa shape index (κ3) is 4.47. The van der Waals surface area contributed by atoms with E-state index in [1.165, 1.54) is 12.1 Å². The van der Waals surface area contributed by atoms with Gasteiger partial charge in [-0.25, -0.2) is 0 Å². The first-order chi connectivity index (χ1) is 10.5. The molecule has 7 heteroatoms. The molecule has 22 heavy (non-hydrogen) atoms. The Balaban J connectivity index is 1.88. The molecule has 2 aromatic rings. The highest BCUT2D eigenvalue weighted by atomic mass is 35.5. The van der Waals surface area contributed by atoms with Crippen molar-refractivity contribution in [1.82, 2.24) is 10.2 Å². The lowest BCUT2D eigenvalue weighted by atomic mass is 10.2. The molecular formula is C15H14Cl2N2O2S. The molecule has 0 aliphatic heterocycles. The number of carbonyl (C=O) groups is 2. The lowest BCUT2D eigenvalue weighted by molar-refractivity contribution is -0.129. The normalized spacial score (nSPS) is 10.3. The van der Waals surface area contributed by atoms with Crippen LogP contribution in [0, 0.1) is 0 Å². The number of hydrogen-bond acceptors (Lipinski definition) is 3. The summed E-state index contributed by atoms with van der Waals surface area (Å²) in [6.07, 6.45) is 0. The first-order valence-electron chi connectivity index (χ1n) is 6.45. The number of likely N-dealkylation sites (N-methyl/N-ethyl adjacent to an activating group) is 1. The molecule has 0 saturated heterocycles. The predicted molar refractivity (Wildman–Crippen MR) is 89.6 cm³/mol. The molecule has 0 atom stereocenters. The van der Waals surface area contributed by atoms with E-state index in [0.29, 0.717) is 17.1 Å². The molecular weight excluding hydrogens is 343 g/mol. The van der Waals surface area contributed by atoms with Crippen LogP contribution in [0.2, 0.25) is 10.0 Å². The maximum absolute atomic E-state index is 12.0. The highest BCUT2D eigenvalue weighted by Gasteiger charge is 2.14. The second kappa shape index (κ2) is 7.63. The molecule has 1 heterocycles. The van der Waals surface area contributed by atoms with Crippen molar-refractivity contribution in [3.8, 4) is 0 Å². The zero-order valence-corrected chi connectivity index (χ0v) is 14.1. The molecule has 0 radical (unpaired) electrons. The monoisotopic (exact) mass is 356 g/mol. The highest BCUT2D eigenvalue weighted by Crippen LogP contribution is 2.20. The quantitative estimate of drug-likeness (QED) is 0.891. The van der Waals surface area contributed by atoms with Crippen molar-refractivity contribution in [3.05, 3.63) is 56.2 Å². The minimum Gasteiger partial charge on any atom is -0.343 e. The van der Waals surface area contributed by atoms with Crippen LogP contribution in [0.1, 0.15) is 15.9 Å². The summed E-state index contributed by atoms with van der Waals surface area (Å²) in [6.45, 7) is 0.429. The zero-order valence-electron chi connectivity index (χ0n) is 11.8. The summed E-state index contributed by atoms with van der Waals surface area (Å²) in [5.41, 5.74) is 1.35. The molecule has 1 aromatic heterocycles. The summed E-state index contributed by atoms with van der Waals surface area (Å²) in [7, 11) is 1.70. The van der Waals surface area contributed by atoms with E-state index in [-0.39, 0.29) is 17.5 Å². The first kappa shape index (κ1) is 16.8. The van der Waals surface area contributed by atoms with E-state index in [0.717, 1.165) is 5.56 Å². The minimum absolute atomic E-state index is 0.0849. The molecule has 0 fully saturated rings. The van der Waals surface area contributed by atoms with E-state index in [2.05, 4.69) is 5.32 Å². The smallest absolute Gasteiger partial charge is 0.253 e. The number of nitrogens with one attached hydrogen (secondary N) is 1. The Morgan fingerprint density at radius 2 is 2.05 bits per heavy atom. The largest absolute Gasteiger partial charge is 0.343 e. The van der Waals surface area contributed by atoms with Crippen LogP contribution in [0.3, 0.4) is 0 Å². The Morgan fingerprint density at radius 3 is 2.68 bits per heavy atom. The minimum atomic E-state index is -0.404. The molecule has 116 valence electrons.